The van der Waals surface area contributed by atoms with Crippen LogP contribution in [0.1, 0.15) is 44.6 Å². The molecule has 1 saturated carbocycles. The number of nitrogens with zero attached hydrogens (tertiary/aromatic N) is 1. The lowest BCUT2D eigenvalue weighted by molar-refractivity contribution is 0.151. The molecule has 2 fully saturated rings. The van der Waals surface area contributed by atoms with Gasteiger partial charge in [-0.2, -0.15) is 0 Å². The number of alkyl halides is 2. The predicted octanol–water partition coefficient (Wildman–Crippen LogP) is 4.25. The molecule has 1 aromatic carbocycles. The van der Waals surface area contributed by atoms with Crippen LogP contribution >= 0.6 is 0 Å². The Balaban J connectivity index is 1.86. The normalized spacial score (nSPS) is 27.6. The van der Waals surface area contributed by atoms with Crippen molar-refractivity contribution in [2.45, 2.75) is 51.1 Å². The third kappa shape index (κ3) is 2.89. The Kier molecular flexibility index (Phi) is 4.13. The Labute approximate surface area is 124 Å². The van der Waals surface area contributed by atoms with Crippen LogP contribution in [0.3, 0.4) is 0 Å². The van der Waals surface area contributed by atoms with E-state index in [-0.39, 0.29) is 5.56 Å². The van der Waals surface area contributed by atoms with Gasteiger partial charge in [0.1, 0.15) is 0 Å². The summed E-state index contributed by atoms with van der Waals surface area (Å²) < 4.78 is 25.4. The first-order valence-electron chi connectivity index (χ1n) is 7.75. The number of benzene rings is 1. The third-order valence-corrected chi connectivity index (χ3v) is 4.67. The molecule has 1 saturated heterocycles. The van der Waals surface area contributed by atoms with Crippen molar-refractivity contribution < 1.29 is 8.78 Å². The van der Waals surface area contributed by atoms with Crippen LogP contribution in [0.2, 0.25) is 0 Å². The molecule has 2 aliphatic rings. The summed E-state index contributed by atoms with van der Waals surface area (Å²) in [5, 5.41) is 3.63. The molecule has 114 valence electrons. The third-order valence-electron chi connectivity index (χ3n) is 4.67. The molecule has 1 aromatic rings. The zero-order valence-corrected chi connectivity index (χ0v) is 12.4. The van der Waals surface area contributed by atoms with Crippen molar-refractivity contribution in [1.82, 2.24) is 5.32 Å². The second-order valence-corrected chi connectivity index (χ2v) is 5.94. The second kappa shape index (κ2) is 6.04. The Morgan fingerprint density at radius 1 is 1.19 bits per heavy atom. The van der Waals surface area contributed by atoms with Gasteiger partial charge in [0, 0.05) is 29.0 Å². The molecule has 0 amide bonds. The van der Waals surface area contributed by atoms with E-state index in [1.54, 1.807) is 12.1 Å². The Bertz CT molecular complexity index is 510. The van der Waals surface area contributed by atoms with Gasteiger partial charge < -0.3 is 10.2 Å². The molecule has 1 aliphatic heterocycles. The first-order chi connectivity index (χ1) is 10.2. The molecule has 1 N–H and O–H groups in total. The lowest BCUT2D eigenvalue weighted by Gasteiger charge is -2.47. The van der Waals surface area contributed by atoms with Crippen LogP contribution in [0.25, 0.3) is 0 Å². The van der Waals surface area contributed by atoms with E-state index in [9.17, 15) is 8.78 Å². The summed E-state index contributed by atoms with van der Waals surface area (Å²) in [4.78, 5) is 2.38. The van der Waals surface area contributed by atoms with E-state index >= 15 is 0 Å². The molecular weight excluding hydrogens is 270 g/mol. The Morgan fingerprint density at radius 2 is 1.90 bits per heavy atom. The van der Waals surface area contributed by atoms with Crippen LogP contribution in [0.15, 0.2) is 36.0 Å². The largest absolute Gasteiger partial charge is 0.382 e. The summed E-state index contributed by atoms with van der Waals surface area (Å²) in [5.74, 6) is 0. The van der Waals surface area contributed by atoms with Gasteiger partial charge in [0.25, 0.3) is 6.43 Å². The van der Waals surface area contributed by atoms with Gasteiger partial charge >= 0.3 is 0 Å². The number of rotatable bonds is 2. The van der Waals surface area contributed by atoms with E-state index in [2.05, 4.69) is 16.3 Å². The highest BCUT2D eigenvalue weighted by molar-refractivity contribution is 5.51. The van der Waals surface area contributed by atoms with E-state index in [0.717, 1.165) is 12.2 Å². The number of nitrogens with one attached hydrogen (secondary N) is 1. The molecule has 0 spiro atoms. The maximum Gasteiger partial charge on any atom is 0.263 e. The number of allylic oxidation sites excluding steroid dienone is 1. The lowest BCUT2D eigenvalue weighted by Crippen LogP contribution is -2.58. The number of fused-ring (bicyclic) bond motifs is 1. The lowest BCUT2D eigenvalue weighted by atomic mass is 9.86. The zero-order chi connectivity index (χ0) is 14.8. The van der Waals surface area contributed by atoms with Gasteiger partial charge in [-0.1, -0.05) is 31.1 Å². The molecule has 0 aromatic heterocycles. The first-order valence-corrected chi connectivity index (χ1v) is 7.75. The fourth-order valence-electron chi connectivity index (χ4n) is 3.51. The van der Waals surface area contributed by atoms with Crippen molar-refractivity contribution in [3.8, 4) is 0 Å². The zero-order valence-electron chi connectivity index (χ0n) is 12.4. The highest BCUT2D eigenvalue weighted by atomic mass is 19.3. The summed E-state index contributed by atoms with van der Waals surface area (Å²) in [5.41, 5.74) is 2.38. The van der Waals surface area contributed by atoms with Crippen LogP contribution in [0.4, 0.5) is 14.5 Å². The molecule has 4 heteroatoms. The van der Waals surface area contributed by atoms with Gasteiger partial charge in [-0.3, -0.25) is 0 Å². The van der Waals surface area contributed by atoms with Crippen LogP contribution in [0, 0.1) is 0 Å². The van der Waals surface area contributed by atoms with E-state index < -0.39 is 6.43 Å². The van der Waals surface area contributed by atoms with Crippen LogP contribution in [-0.2, 0) is 0 Å². The van der Waals surface area contributed by atoms with E-state index in [1.807, 2.05) is 19.1 Å². The van der Waals surface area contributed by atoms with Crippen molar-refractivity contribution in [3.63, 3.8) is 0 Å². The number of piperazine rings is 1. The monoisotopic (exact) mass is 292 g/mol. The molecule has 1 aliphatic carbocycles. The fraction of sp³-hybridized carbons (Fsp3) is 0.529. The summed E-state index contributed by atoms with van der Waals surface area (Å²) in [7, 11) is 0. The average molecular weight is 292 g/mol. The SMILES string of the molecule is C/C=C1\CN(c2ccc(C(F)F)cc2)[C@@H]2CCCCC2N1. The maximum atomic E-state index is 12.7. The van der Waals surface area contributed by atoms with Gasteiger partial charge in [-0.15, -0.1) is 0 Å². The highest BCUT2D eigenvalue weighted by Gasteiger charge is 2.34. The molecular formula is C17H22F2N2. The minimum absolute atomic E-state index is 0.0975. The number of hydrogen-bond donors (Lipinski definition) is 1. The Morgan fingerprint density at radius 3 is 2.57 bits per heavy atom. The molecule has 2 atom stereocenters. The van der Waals surface area contributed by atoms with Gasteiger partial charge in [0.2, 0.25) is 0 Å². The number of hydrogen-bond acceptors (Lipinski definition) is 2. The second-order valence-electron chi connectivity index (χ2n) is 5.94. The number of halogens is 2. The minimum atomic E-state index is -2.39. The van der Waals surface area contributed by atoms with Crippen LogP contribution < -0.4 is 10.2 Å². The van der Waals surface area contributed by atoms with E-state index in [0.29, 0.717) is 12.1 Å². The molecule has 3 rings (SSSR count). The van der Waals surface area contributed by atoms with Crippen molar-refractivity contribution in [2.75, 3.05) is 11.4 Å². The molecule has 2 nitrogen and oxygen atoms in total. The van der Waals surface area contributed by atoms with Crippen molar-refractivity contribution in [1.29, 1.82) is 0 Å². The quantitative estimate of drug-likeness (QED) is 0.876. The molecule has 0 bridgehead atoms. The van der Waals surface area contributed by atoms with Crippen molar-refractivity contribution in [2.24, 2.45) is 0 Å². The van der Waals surface area contributed by atoms with Crippen molar-refractivity contribution in [3.05, 3.63) is 41.6 Å². The van der Waals surface area contributed by atoms with Crippen LogP contribution in [-0.4, -0.2) is 18.6 Å². The smallest absolute Gasteiger partial charge is 0.263 e. The maximum absolute atomic E-state index is 12.7. The summed E-state index contributed by atoms with van der Waals surface area (Å²) in [6.45, 7) is 2.88. The van der Waals surface area contributed by atoms with Crippen LogP contribution in [0.5, 0.6) is 0 Å². The Hall–Kier alpha value is -1.58. The average Bonchev–Trinajstić information content (AvgIpc) is 2.53. The first kappa shape index (κ1) is 14.4. The van der Waals surface area contributed by atoms with Crippen molar-refractivity contribution >= 4 is 5.69 Å². The summed E-state index contributed by atoms with van der Waals surface area (Å²) in [6, 6.07) is 7.73. The van der Waals surface area contributed by atoms with E-state index in [4.69, 9.17) is 0 Å². The summed E-state index contributed by atoms with van der Waals surface area (Å²) >= 11 is 0. The summed E-state index contributed by atoms with van der Waals surface area (Å²) in [6.07, 6.45) is 4.60. The molecule has 0 radical (unpaired) electrons. The fourth-order valence-corrected chi connectivity index (χ4v) is 3.51. The predicted molar refractivity (Wildman–Crippen MR) is 81.7 cm³/mol. The van der Waals surface area contributed by atoms with Gasteiger partial charge in [0.15, 0.2) is 0 Å². The van der Waals surface area contributed by atoms with Gasteiger partial charge in [0.05, 0.1) is 6.54 Å². The van der Waals surface area contributed by atoms with Gasteiger partial charge in [-0.25, -0.2) is 8.78 Å². The topological polar surface area (TPSA) is 15.3 Å². The van der Waals surface area contributed by atoms with Gasteiger partial charge in [-0.05, 0) is 31.9 Å². The highest BCUT2D eigenvalue weighted by Crippen LogP contribution is 2.32. The van der Waals surface area contributed by atoms with E-state index in [1.165, 1.54) is 31.4 Å². The minimum Gasteiger partial charge on any atom is -0.382 e. The number of anilines is 1. The molecule has 1 heterocycles. The molecule has 1 unspecified atom stereocenters. The standard InChI is InChI=1S/C17H22F2N2/c1-2-13-11-21(16-6-4-3-5-15(16)20-13)14-9-7-12(8-10-14)17(18)19/h2,7-10,15-17,20H,3-6,11H2,1H3/b13-2+/t15?,16-/m1/s1. The molecule has 21 heavy (non-hydrogen) atoms.